The quantitative estimate of drug-likeness (QED) is 0.166. The van der Waals surface area contributed by atoms with Gasteiger partial charge in [0.05, 0.1) is 26.8 Å². The van der Waals surface area contributed by atoms with E-state index in [1.165, 1.54) is 24.5 Å². The summed E-state index contributed by atoms with van der Waals surface area (Å²) in [7, 11) is 0. The lowest BCUT2D eigenvalue weighted by Gasteiger charge is -2.15. The van der Waals surface area contributed by atoms with Crippen LogP contribution in [0.1, 0.15) is 60.1 Å². The molecule has 0 atom stereocenters. The predicted octanol–water partition coefficient (Wildman–Crippen LogP) is 8.61. The number of halogens is 2. The Morgan fingerprint density at radius 2 is 1.62 bits per heavy atom. The number of nitrogens with zero attached hydrogens (tertiary/aromatic N) is 4. The van der Waals surface area contributed by atoms with Crippen molar-refractivity contribution in [3.8, 4) is 21.8 Å². The fourth-order valence-corrected chi connectivity index (χ4v) is 6.61. The van der Waals surface area contributed by atoms with Gasteiger partial charge in [-0.25, -0.2) is 23.7 Å². The van der Waals surface area contributed by atoms with Crippen LogP contribution in [0.2, 0.25) is 0 Å². The zero-order valence-corrected chi connectivity index (χ0v) is 26.4. The van der Waals surface area contributed by atoms with Gasteiger partial charge in [0.15, 0.2) is 5.78 Å². The summed E-state index contributed by atoms with van der Waals surface area (Å²) in [5.74, 6) is -1.86. The number of Topliss-reactive ketones (excluding diaryl/α,β-unsaturated/α-hetero) is 1. The van der Waals surface area contributed by atoms with Crippen LogP contribution in [0.5, 0.6) is 0 Å². The second-order valence-electron chi connectivity index (χ2n) is 12.4. The molecule has 1 fully saturated rings. The first kappa shape index (κ1) is 30.7. The van der Waals surface area contributed by atoms with Gasteiger partial charge in [-0.05, 0) is 73.5 Å². The standard InChI is InChI=1S/C36H35F2N5OS/c1-36(2,3)34-42-32(25-11-6-9-23(19-25)21-30(44)31-27(37)13-8-14-28(31)38)33(45-34)29-15-16-39-35(41-29)40-26-12-7-10-24(20-26)22-43-17-4-5-18-43/h6-16,19-20H,4-5,17-18,21-22H2,1-3H3,(H,39,40,41). The molecule has 0 spiro atoms. The molecule has 6 rings (SSSR count). The Morgan fingerprint density at radius 3 is 2.38 bits per heavy atom. The van der Waals surface area contributed by atoms with Crippen LogP contribution in [0.25, 0.3) is 21.8 Å². The summed E-state index contributed by atoms with van der Waals surface area (Å²) in [6.07, 6.45) is 4.10. The SMILES string of the molecule is CC(C)(C)c1nc(-c2cccc(CC(=O)c3c(F)cccc3F)c2)c(-c2ccnc(Nc3cccc(CN4CCCC4)c3)n2)s1. The van der Waals surface area contributed by atoms with Crippen LogP contribution in [0.15, 0.2) is 79.0 Å². The Morgan fingerprint density at radius 1 is 0.911 bits per heavy atom. The van der Waals surface area contributed by atoms with Gasteiger partial charge in [-0.1, -0.05) is 57.2 Å². The lowest BCUT2D eigenvalue weighted by molar-refractivity contribution is 0.0985. The smallest absolute Gasteiger partial charge is 0.227 e. The number of carbonyl (C=O) groups excluding carboxylic acids is 1. The molecule has 2 aromatic heterocycles. The number of carbonyl (C=O) groups is 1. The van der Waals surface area contributed by atoms with E-state index in [0.717, 1.165) is 64.3 Å². The molecule has 1 aliphatic heterocycles. The average Bonchev–Trinajstić information content (AvgIpc) is 3.68. The highest BCUT2D eigenvalue weighted by Crippen LogP contribution is 2.40. The summed E-state index contributed by atoms with van der Waals surface area (Å²) in [5.41, 5.74) is 4.31. The van der Waals surface area contributed by atoms with Gasteiger partial charge in [0.25, 0.3) is 0 Å². The average molecular weight is 624 g/mol. The highest BCUT2D eigenvalue weighted by atomic mass is 32.1. The first-order chi connectivity index (χ1) is 21.6. The predicted molar refractivity (Wildman–Crippen MR) is 176 cm³/mol. The van der Waals surface area contributed by atoms with Crippen LogP contribution >= 0.6 is 11.3 Å². The van der Waals surface area contributed by atoms with Gasteiger partial charge in [-0.3, -0.25) is 9.69 Å². The van der Waals surface area contributed by atoms with Gasteiger partial charge in [0.2, 0.25) is 5.95 Å². The third kappa shape index (κ3) is 7.16. The first-order valence-electron chi connectivity index (χ1n) is 15.1. The van der Waals surface area contributed by atoms with Crippen molar-refractivity contribution in [3.05, 3.63) is 112 Å². The number of ketones is 1. The maximum atomic E-state index is 14.3. The van der Waals surface area contributed by atoms with Crippen molar-refractivity contribution in [2.75, 3.05) is 18.4 Å². The van der Waals surface area contributed by atoms with E-state index < -0.39 is 23.0 Å². The molecular formula is C36H35F2N5OS. The van der Waals surface area contributed by atoms with Crippen LogP contribution in [0.4, 0.5) is 20.4 Å². The molecule has 1 aliphatic rings. The molecule has 45 heavy (non-hydrogen) atoms. The molecule has 3 aromatic carbocycles. The lowest BCUT2D eigenvalue weighted by Crippen LogP contribution is -2.18. The number of likely N-dealkylation sites (tertiary alicyclic amines) is 1. The number of thiazole rings is 1. The van der Waals surface area contributed by atoms with Crippen molar-refractivity contribution in [1.82, 2.24) is 19.9 Å². The van der Waals surface area contributed by atoms with Gasteiger partial charge in [0.1, 0.15) is 11.6 Å². The van der Waals surface area contributed by atoms with Gasteiger partial charge in [0, 0.05) is 35.8 Å². The minimum atomic E-state index is -0.862. The Bertz CT molecular complexity index is 1820. The first-order valence-corrected chi connectivity index (χ1v) is 16.0. The zero-order valence-electron chi connectivity index (χ0n) is 25.6. The maximum Gasteiger partial charge on any atom is 0.227 e. The van der Waals surface area contributed by atoms with Gasteiger partial charge in [-0.15, -0.1) is 11.3 Å². The van der Waals surface area contributed by atoms with E-state index in [9.17, 15) is 13.6 Å². The van der Waals surface area contributed by atoms with E-state index in [4.69, 9.17) is 9.97 Å². The molecule has 5 aromatic rings. The van der Waals surface area contributed by atoms with E-state index in [0.29, 0.717) is 11.5 Å². The van der Waals surface area contributed by atoms with Crippen molar-refractivity contribution >= 4 is 28.8 Å². The molecule has 9 heteroatoms. The van der Waals surface area contributed by atoms with E-state index in [-0.39, 0.29) is 11.8 Å². The molecule has 0 saturated carbocycles. The summed E-state index contributed by atoms with van der Waals surface area (Å²) in [6.45, 7) is 9.54. The molecule has 1 N–H and O–H groups in total. The van der Waals surface area contributed by atoms with Crippen LogP contribution in [-0.4, -0.2) is 38.7 Å². The third-order valence-electron chi connectivity index (χ3n) is 7.75. The number of aromatic nitrogens is 3. The number of anilines is 2. The molecular weight excluding hydrogens is 588 g/mol. The van der Waals surface area contributed by atoms with E-state index >= 15 is 0 Å². The third-order valence-corrected chi connectivity index (χ3v) is 9.26. The highest BCUT2D eigenvalue weighted by Gasteiger charge is 2.25. The van der Waals surface area contributed by atoms with Gasteiger partial charge >= 0.3 is 0 Å². The van der Waals surface area contributed by atoms with Crippen molar-refractivity contribution < 1.29 is 13.6 Å². The molecule has 0 radical (unpaired) electrons. The summed E-state index contributed by atoms with van der Waals surface area (Å²) >= 11 is 1.57. The molecule has 6 nitrogen and oxygen atoms in total. The molecule has 0 unspecified atom stereocenters. The van der Waals surface area contributed by atoms with E-state index in [1.807, 2.05) is 36.4 Å². The van der Waals surface area contributed by atoms with E-state index in [1.54, 1.807) is 23.6 Å². The summed E-state index contributed by atoms with van der Waals surface area (Å²) in [5, 5.41) is 4.31. The zero-order chi connectivity index (χ0) is 31.6. The maximum absolute atomic E-state index is 14.3. The van der Waals surface area contributed by atoms with Gasteiger partial charge in [-0.2, -0.15) is 0 Å². The molecule has 0 amide bonds. The fourth-order valence-electron chi connectivity index (χ4n) is 5.50. The van der Waals surface area contributed by atoms with Crippen LogP contribution in [0, 0.1) is 11.6 Å². The molecule has 0 bridgehead atoms. The topological polar surface area (TPSA) is 71.0 Å². The molecule has 230 valence electrons. The Kier molecular flexibility index (Phi) is 8.83. The monoisotopic (exact) mass is 623 g/mol. The van der Waals surface area contributed by atoms with Crippen LogP contribution in [-0.2, 0) is 18.4 Å². The number of hydrogen-bond donors (Lipinski definition) is 1. The second kappa shape index (κ2) is 12.9. The molecule has 3 heterocycles. The van der Waals surface area contributed by atoms with E-state index in [2.05, 4.69) is 48.1 Å². The lowest BCUT2D eigenvalue weighted by atomic mass is 9.97. The Hall–Kier alpha value is -4.34. The van der Waals surface area contributed by atoms with Crippen molar-refractivity contribution in [2.45, 2.75) is 52.0 Å². The largest absolute Gasteiger partial charge is 0.324 e. The van der Waals surface area contributed by atoms with Crippen molar-refractivity contribution in [1.29, 1.82) is 0 Å². The summed E-state index contributed by atoms with van der Waals surface area (Å²) in [4.78, 5) is 30.7. The molecule has 1 saturated heterocycles. The van der Waals surface area contributed by atoms with Crippen LogP contribution in [0.3, 0.4) is 0 Å². The number of nitrogens with one attached hydrogen (secondary N) is 1. The van der Waals surface area contributed by atoms with Gasteiger partial charge < -0.3 is 5.32 Å². The Labute approximate surface area is 266 Å². The fraction of sp³-hybridized carbons (Fsp3) is 0.278. The number of rotatable bonds is 9. The molecule has 0 aliphatic carbocycles. The highest BCUT2D eigenvalue weighted by molar-refractivity contribution is 7.15. The second-order valence-corrected chi connectivity index (χ2v) is 13.4. The summed E-state index contributed by atoms with van der Waals surface area (Å²) in [6, 6.07) is 21.0. The summed E-state index contributed by atoms with van der Waals surface area (Å²) < 4.78 is 28.6. The number of benzene rings is 3. The minimum Gasteiger partial charge on any atom is -0.324 e. The number of hydrogen-bond acceptors (Lipinski definition) is 7. The normalized spacial score (nSPS) is 13.7. The Balaban J connectivity index is 1.30. The van der Waals surface area contributed by atoms with Crippen LogP contribution < -0.4 is 5.32 Å². The minimum absolute atomic E-state index is 0.143. The van der Waals surface area contributed by atoms with Crippen molar-refractivity contribution in [3.63, 3.8) is 0 Å². The van der Waals surface area contributed by atoms with Crippen molar-refractivity contribution in [2.24, 2.45) is 0 Å².